The van der Waals surface area contributed by atoms with Gasteiger partial charge in [-0.25, -0.2) is 4.98 Å². The van der Waals surface area contributed by atoms with E-state index < -0.39 is 5.60 Å². The van der Waals surface area contributed by atoms with Gasteiger partial charge in [-0.15, -0.1) is 0 Å². The van der Waals surface area contributed by atoms with Crippen LogP contribution in [0, 0.1) is 0 Å². The lowest BCUT2D eigenvalue weighted by molar-refractivity contribution is 0.0526. The molecule has 0 bridgehead atoms. The van der Waals surface area contributed by atoms with Crippen LogP contribution in [-0.4, -0.2) is 45.4 Å². The second kappa shape index (κ2) is 7.23. The molecule has 2 aromatic heterocycles. The second-order valence-electron chi connectivity index (χ2n) is 6.78. The van der Waals surface area contributed by atoms with Crippen LogP contribution in [-0.2, 0) is 12.6 Å². The third kappa shape index (κ3) is 3.99. The molecule has 1 atom stereocenters. The summed E-state index contributed by atoms with van der Waals surface area (Å²) in [5, 5.41) is 17.5. The summed E-state index contributed by atoms with van der Waals surface area (Å²) in [6.07, 6.45) is 8.52. The Labute approximate surface area is 147 Å². The normalized spacial score (nSPS) is 17.2. The van der Waals surface area contributed by atoms with E-state index in [9.17, 15) is 9.90 Å². The maximum atomic E-state index is 12.7. The number of amides is 1. The van der Waals surface area contributed by atoms with Crippen molar-refractivity contribution in [1.29, 1.82) is 0 Å². The Bertz CT molecular complexity index is 735. The smallest absolute Gasteiger partial charge is 0.255 e. The van der Waals surface area contributed by atoms with Crippen molar-refractivity contribution < 1.29 is 9.90 Å². The second-order valence-corrected chi connectivity index (χ2v) is 6.78. The number of hydrogen-bond acceptors (Lipinski definition) is 5. The van der Waals surface area contributed by atoms with Gasteiger partial charge in [-0.3, -0.25) is 9.48 Å². The number of anilines is 1. The Morgan fingerprint density at radius 3 is 2.80 bits per heavy atom. The lowest BCUT2D eigenvalue weighted by Crippen LogP contribution is -2.39. The van der Waals surface area contributed by atoms with E-state index in [0.717, 1.165) is 31.7 Å². The van der Waals surface area contributed by atoms with Crippen molar-refractivity contribution in [3.8, 4) is 0 Å². The molecule has 0 aliphatic carbocycles. The number of nitrogens with zero attached hydrogens (tertiary/aromatic N) is 4. The van der Waals surface area contributed by atoms with Crippen LogP contribution in [0.4, 0.5) is 5.82 Å². The van der Waals surface area contributed by atoms with Crippen LogP contribution in [0.25, 0.3) is 0 Å². The fourth-order valence-electron chi connectivity index (χ4n) is 3.08. The Morgan fingerprint density at radius 2 is 2.12 bits per heavy atom. The Kier molecular flexibility index (Phi) is 5.03. The lowest BCUT2D eigenvalue weighted by Gasteiger charge is -2.29. The highest BCUT2D eigenvalue weighted by molar-refractivity contribution is 5.98. The van der Waals surface area contributed by atoms with Gasteiger partial charge in [0.2, 0.25) is 0 Å². The van der Waals surface area contributed by atoms with Gasteiger partial charge in [0.15, 0.2) is 0 Å². The Morgan fingerprint density at radius 1 is 1.36 bits per heavy atom. The molecular formula is C18H25N5O2. The van der Waals surface area contributed by atoms with E-state index in [-0.39, 0.29) is 12.5 Å². The zero-order chi connectivity index (χ0) is 17.9. The molecule has 2 N–H and O–H groups in total. The number of pyridine rings is 1. The molecule has 1 amide bonds. The van der Waals surface area contributed by atoms with Crippen molar-refractivity contribution in [3.63, 3.8) is 0 Å². The fourth-order valence-corrected chi connectivity index (χ4v) is 3.08. The average molecular weight is 343 g/mol. The highest BCUT2D eigenvalue weighted by atomic mass is 16.3. The molecule has 0 aromatic carbocycles. The van der Waals surface area contributed by atoms with E-state index >= 15 is 0 Å². The largest absolute Gasteiger partial charge is 0.383 e. The number of carbonyl (C=O) groups is 1. The molecule has 3 rings (SSSR count). The molecule has 3 heterocycles. The number of aryl methyl sites for hydroxylation is 1. The number of aromatic nitrogens is 3. The summed E-state index contributed by atoms with van der Waals surface area (Å²) >= 11 is 0. The monoisotopic (exact) mass is 343 g/mol. The minimum Gasteiger partial charge on any atom is -0.383 e. The van der Waals surface area contributed by atoms with Crippen LogP contribution in [0.1, 0.15) is 42.1 Å². The van der Waals surface area contributed by atoms with E-state index in [1.165, 1.54) is 6.42 Å². The van der Waals surface area contributed by atoms with Crippen molar-refractivity contribution in [2.45, 2.75) is 31.8 Å². The third-order valence-corrected chi connectivity index (χ3v) is 4.61. The fraction of sp³-hybridized carbons (Fsp3) is 0.500. The molecule has 1 fully saturated rings. The maximum Gasteiger partial charge on any atom is 0.255 e. The minimum absolute atomic E-state index is 0.103. The molecule has 2 aromatic rings. The average Bonchev–Trinajstić information content (AvgIpc) is 3.08. The van der Waals surface area contributed by atoms with Gasteiger partial charge in [0.1, 0.15) is 11.4 Å². The third-order valence-electron chi connectivity index (χ3n) is 4.61. The SMILES string of the molecule is Cn1cc([C@](C)(O)CNC(=O)c2cccnc2N2CCCCC2)cn1. The summed E-state index contributed by atoms with van der Waals surface area (Å²) in [6.45, 7) is 3.61. The quantitative estimate of drug-likeness (QED) is 0.858. The van der Waals surface area contributed by atoms with E-state index in [4.69, 9.17) is 0 Å². The predicted octanol–water partition coefficient (Wildman–Crippen LogP) is 1.44. The first-order valence-electron chi connectivity index (χ1n) is 8.67. The van der Waals surface area contributed by atoms with E-state index in [1.54, 1.807) is 49.4 Å². The van der Waals surface area contributed by atoms with Crippen LogP contribution >= 0.6 is 0 Å². The van der Waals surface area contributed by atoms with Crippen LogP contribution in [0.2, 0.25) is 0 Å². The van der Waals surface area contributed by atoms with Crippen LogP contribution in [0.15, 0.2) is 30.7 Å². The zero-order valence-electron chi connectivity index (χ0n) is 14.8. The van der Waals surface area contributed by atoms with Crippen molar-refractivity contribution in [3.05, 3.63) is 41.9 Å². The van der Waals surface area contributed by atoms with Crippen molar-refractivity contribution >= 4 is 11.7 Å². The summed E-state index contributed by atoms with van der Waals surface area (Å²) in [5.74, 6) is 0.499. The highest BCUT2D eigenvalue weighted by Crippen LogP contribution is 2.22. The first kappa shape index (κ1) is 17.4. The van der Waals surface area contributed by atoms with Gasteiger partial charge in [-0.2, -0.15) is 5.10 Å². The first-order chi connectivity index (χ1) is 12.0. The first-order valence-corrected chi connectivity index (χ1v) is 8.67. The summed E-state index contributed by atoms with van der Waals surface area (Å²) in [7, 11) is 1.79. The minimum atomic E-state index is -1.18. The van der Waals surface area contributed by atoms with Crippen molar-refractivity contribution in [1.82, 2.24) is 20.1 Å². The molecule has 1 saturated heterocycles. The van der Waals surface area contributed by atoms with Gasteiger partial charge in [0.25, 0.3) is 5.91 Å². The number of hydrogen-bond donors (Lipinski definition) is 2. The predicted molar refractivity (Wildman–Crippen MR) is 95.4 cm³/mol. The summed E-state index contributed by atoms with van der Waals surface area (Å²) < 4.78 is 1.63. The molecule has 25 heavy (non-hydrogen) atoms. The lowest BCUT2D eigenvalue weighted by atomic mass is 9.99. The van der Waals surface area contributed by atoms with E-state index in [2.05, 4.69) is 20.3 Å². The molecular weight excluding hydrogens is 318 g/mol. The summed E-state index contributed by atoms with van der Waals surface area (Å²) in [5.41, 5.74) is 0.0290. The van der Waals surface area contributed by atoms with Gasteiger partial charge in [-0.1, -0.05) is 0 Å². The Hall–Kier alpha value is -2.41. The molecule has 1 aliphatic rings. The maximum absolute atomic E-state index is 12.7. The molecule has 134 valence electrons. The standard InChI is InChI=1S/C18H25N5O2/c1-18(25,14-11-21-22(2)12-14)13-20-17(24)15-7-6-8-19-16(15)23-9-4-3-5-10-23/h6-8,11-12,25H,3-5,9-10,13H2,1-2H3,(H,20,24)/t18-/m1/s1. The molecule has 0 radical (unpaired) electrons. The van der Waals surface area contributed by atoms with Gasteiger partial charge in [0, 0.05) is 38.1 Å². The molecule has 7 heteroatoms. The number of rotatable bonds is 5. The zero-order valence-corrected chi connectivity index (χ0v) is 14.8. The Balaban J connectivity index is 1.71. The van der Waals surface area contributed by atoms with Crippen molar-refractivity contribution in [2.75, 3.05) is 24.5 Å². The van der Waals surface area contributed by atoms with Gasteiger partial charge in [0.05, 0.1) is 18.3 Å². The van der Waals surface area contributed by atoms with Gasteiger partial charge >= 0.3 is 0 Å². The summed E-state index contributed by atoms with van der Waals surface area (Å²) in [6, 6.07) is 3.55. The number of piperidine rings is 1. The molecule has 7 nitrogen and oxygen atoms in total. The van der Waals surface area contributed by atoms with Crippen LogP contribution in [0.3, 0.4) is 0 Å². The number of aliphatic hydroxyl groups is 1. The van der Waals surface area contributed by atoms with E-state index in [0.29, 0.717) is 11.1 Å². The van der Waals surface area contributed by atoms with Crippen LogP contribution < -0.4 is 10.2 Å². The van der Waals surface area contributed by atoms with E-state index in [1.807, 2.05) is 0 Å². The molecule has 0 unspecified atom stereocenters. The molecule has 0 saturated carbocycles. The van der Waals surface area contributed by atoms with Crippen LogP contribution in [0.5, 0.6) is 0 Å². The topological polar surface area (TPSA) is 83.3 Å². The highest BCUT2D eigenvalue weighted by Gasteiger charge is 2.27. The van der Waals surface area contributed by atoms with Gasteiger partial charge in [-0.05, 0) is 38.3 Å². The number of carbonyl (C=O) groups excluding carboxylic acids is 1. The van der Waals surface area contributed by atoms with Crippen molar-refractivity contribution in [2.24, 2.45) is 7.05 Å². The number of nitrogens with one attached hydrogen (secondary N) is 1. The van der Waals surface area contributed by atoms with Gasteiger partial charge < -0.3 is 15.3 Å². The molecule has 0 spiro atoms. The summed E-state index contributed by atoms with van der Waals surface area (Å²) in [4.78, 5) is 19.3. The molecule has 1 aliphatic heterocycles.